The molecule has 5 nitrogen and oxygen atoms in total. The average molecular weight is 486 g/mol. The molecule has 2 aliphatic heterocycles. The fourth-order valence-electron chi connectivity index (χ4n) is 5.57. The van der Waals surface area contributed by atoms with E-state index in [4.69, 9.17) is 10.00 Å². The molecule has 2 aromatic rings. The summed E-state index contributed by atoms with van der Waals surface area (Å²) in [6.45, 7) is 5.00. The van der Waals surface area contributed by atoms with Gasteiger partial charge in [-0.25, -0.2) is 0 Å². The van der Waals surface area contributed by atoms with Gasteiger partial charge in [-0.15, -0.1) is 0 Å². The van der Waals surface area contributed by atoms with E-state index in [0.29, 0.717) is 44.9 Å². The first-order valence-corrected chi connectivity index (χ1v) is 11.8. The van der Waals surface area contributed by atoms with Crippen molar-refractivity contribution in [2.45, 2.75) is 32.4 Å². The molecule has 8 heteroatoms. The van der Waals surface area contributed by atoms with Gasteiger partial charge in [0.15, 0.2) is 0 Å². The number of likely N-dealkylation sites (tertiary alicyclic amines) is 1. The van der Waals surface area contributed by atoms with Gasteiger partial charge in [0.05, 0.1) is 30.2 Å². The van der Waals surface area contributed by atoms with E-state index in [2.05, 4.69) is 0 Å². The van der Waals surface area contributed by atoms with Crippen molar-refractivity contribution >= 4 is 11.6 Å². The van der Waals surface area contributed by atoms with E-state index in [0.717, 1.165) is 30.0 Å². The Kier molecular flexibility index (Phi) is 7.09. The van der Waals surface area contributed by atoms with Crippen LogP contribution in [0.15, 0.2) is 42.5 Å². The van der Waals surface area contributed by atoms with Gasteiger partial charge in [0.2, 0.25) is 5.91 Å². The number of benzene rings is 2. The topological polar surface area (TPSA) is 56.6 Å². The number of amides is 1. The van der Waals surface area contributed by atoms with Crippen LogP contribution in [-0.2, 0) is 22.1 Å². The number of rotatable bonds is 5. The van der Waals surface area contributed by atoms with Crippen molar-refractivity contribution in [1.82, 2.24) is 4.90 Å². The highest BCUT2D eigenvalue weighted by Crippen LogP contribution is 2.46. The normalized spacial score (nSPS) is 19.7. The zero-order valence-corrected chi connectivity index (χ0v) is 20.1. The number of carbonyl (C=O) groups excluding carboxylic acids is 1. The third kappa shape index (κ3) is 5.15. The van der Waals surface area contributed by atoms with Gasteiger partial charge in [-0.3, -0.25) is 4.79 Å². The fraction of sp³-hybridized carbons (Fsp3) is 0.481. The number of nitriles is 1. The largest absolute Gasteiger partial charge is 0.417 e. The van der Waals surface area contributed by atoms with Crippen LogP contribution in [0, 0.1) is 29.6 Å². The van der Waals surface area contributed by atoms with Gasteiger partial charge in [0.1, 0.15) is 0 Å². The number of hydrogen-bond donors (Lipinski definition) is 0. The number of hydrogen-bond acceptors (Lipinski definition) is 4. The minimum atomic E-state index is -4.58. The van der Waals surface area contributed by atoms with Crippen LogP contribution in [-0.4, -0.2) is 50.7 Å². The molecule has 2 aliphatic rings. The second kappa shape index (κ2) is 9.90. The molecule has 2 aromatic carbocycles. The SMILES string of the molecule is COCC1CN(C(=O)Cc2ccccc2C)CC12CCN(c1ccc(C#N)c(C(F)(F)F)c1)CC2. The van der Waals surface area contributed by atoms with Crippen molar-refractivity contribution < 1.29 is 22.7 Å². The summed E-state index contributed by atoms with van der Waals surface area (Å²) in [6, 6.07) is 13.4. The van der Waals surface area contributed by atoms with Gasteiger partial charge >= 0.3 is 6.18 Å². The van der Waals surface area contributed by atoms with Crippen molar-refractivity contribution in [2.24, 2.45) is 11.3 Å². The van der Waals surface area contributed by atoms with Gasteiger partial charge in [0, 0.05) is 44.9 Å². The quantitative estimate of drug-likeness (QED) is 0.610. The van der Waals surface area contributed by atoms with E-state index >= 15 is 0 Å². The molecule has 2 saturated heterocycles. The first-order chi connectivity index (χ1) is 16.7. The smallest absolute Gasteiger partial charge is 0.384 e. The maximum absolute atomic E-state index is 13.4. The van der Waals surface area contributed by atoms with E-state index in [9.17, 15) is 18.0 Å². The molecule has 0 radical (unpaired) electrons. The van der Waals surface area contributed by atoms with Crippen LogP contribution in [0.1, 0.15) is 35.1 Å². The summed E-state index contributed by atoms with van der Waals surface area (Å²) in [5.41, 5.74) is 1.21. The van der Waals surface area contributed by atoms with Crippen LogP contribution in [0.4, 0.5) is 18.9 Å². The number of ether oxygens (including phenoxy) is 1. The Morgan fingerprint density at radius 2 is 1.91 bits per heavy atom. The molecule has 0 N–H and O–H groups in total. The second-order valence-corrected chi connectivity index (χ2v) is 9.72. The Bertz CT molecular complexity index is 1120. The maximum Gasteiger partial charge on any atom is 0.417 e. The van der Waals surface area contributed by atoms with Crippen molar-refractivity contribution in [3.8, 4) is 6.07 Å². The summed E-state index contributed by atoms with van der Waals surface area (Å²) >= 11 is 0. The highest BCUT2D eigenvalue weighted by Gasteiger charge is 2.49. The van der Waals surface area contributed by atoms with Crippen molar-refractivity contribution in [1.29, 1.82) is 5.26 Å². The number of alkyl halides is 3. The van der Waals surface area contributed by atoms with E-state index in [1.807, 2.05) is 41.0 Å². The van der Waals surface area contributed by atoms with Crippen molar-refractivity contribution in [3.05, 3.63) is 64.7 Å². The average Bonchev–Trinajstić information content (AvgIpc) is 3.18. The van der Waals surface area contributed by atoms with Gasteiger partial charge < -0.3 is 14.5 Å². The van der Waals surface area contributed by atoms with Crippen LogP contribution in [0.2, 0.25) is 0 Å². The van der Waals surface area contributed by atoms with E-state index in [1.165, 1.54) is 6.07 Å². The fourth-order valence-corrected chi connectivity index (χ4v) is 5.57. The molecule has 1 atom stereocenters. The number of anilines is 1. The molecule has 0 aromatic heterocycles. The van der Waals surface area contributed by atoms with Crippen molar-refractivity contribution in [3.63, 3.8) is 0 Å². The van der Waals surface area contributed by atoms with Crippen LogP contribution < -0.4 is 4.90 Å². The van der Waals surface area contributed by atoms with E-state index < -0.39 is 11.7 Å². The standard InChI is InChI=1S/C27H30F3N3O2/c1-19-5-3-4-6-20(19)13-25(34)33-16-22(17-35-2)26(18-33)9-11-32(12-10-26)23-8-7-21(15-31)24(14-23)27(28,29)30/h3-8,14,22H,9-13,16-18H2,1-2H3. The van der Waals surface area contributed by atoms with E-state index in [1.54, 1.807) is 19.2 Å². The number of nitrogens with zero attached hydrogens (tertiary/aromatic N) is 3. The third-order valence-electron chi connectivity index (χ3n) is 7.69. The Balaban J connectivity index is 1.48. The highest BCUT2D eigenvalue weighted by atomic mass is 19.4. The lowest BCUT2D eigenvalue weighted by Gasteiger charge is -2.43. The zero-order chi connectivity index (χ0) is 25.2. The number of piperidine rings is 1. The molecule has 35 heavy (non-hydrogen) atoms. The Hall–Kier alpha value is -3.05. The first-order valence-electron chi connectivity index (χ1n) is 11.8. The van der Waals surface area contributed by atoms with Gasteiger partial charge in [0.25, 0.3) is 0 Å². The molecule has 2 fully saturated rings. The van der Waals surface area contributed by atoms with Crippen LogP contribution >= 0.6 is 0 Å². The molecule has 0 bridgehead atoms. The lowest BCUT2D eigenvalue weighted by molar-refractivity contribution is -0.137. The molecule has 2 heterocycles. The molecule has 186 valence electrons. The monoisotopic (exact) mass is 485 g/mol. The lowest BCUT2D eigenvalue weighted by atomic mass is 9.71. The molecular formula is C27H30F3N3O2. The minimum Gasteiger partial charge on any atom is -0.384 e. The van der Waals surface area contributed by atoms with E-state index in [-0.39, 0.29) is 22.8 Å². The number of aryl methyl sites for hydroxylation is 1. The molecule has 0 aliphatic carbocycles. The zero-order valence-electron chi connectivity index (χ0n) is 20.1. The summed E-state index contributed by atoms with van der Waals surface area (Å²) in [6.07, 6.45) is -2.70. The predicted octanol–water partition coefficient (Wildman–Crippen LogP) is 4.82. The molecule has 4 rings (SSSR count). The third-order valence-corrected chi connectivity index (χ3v) is 7.69. The van der Waals surface area contributed by atoms with Gasteiger partial charge in [-0.2, -0.15) is 18.4 Å². The van der Waals surface area contributed by atoms with Gasteiger partial charge in [-0.05, 0) is 54.5 Å². The summed E-state index contributed by atoms with van der Waals surface area (Å²) in [5.74, 6) is 0.281. The highest BCUT2D eigenvalue weighted by molar-refractivity contribution is 5.79. The predicted molar refractivity (Wildman–Crippen MR) is 127 cm³/mol. The summed E-state index contributed by atoms with van der Waals surface area (Å²) in [5, 5.41) is 9.07. The molecular weight excluding hydrogens is 455 g/mol. The number of halogens is 3. The Morgan fingerprint density at radius 3 is 2.54 bits per heavy atom. The maximum atomic E-state index is 13.4. The molecule has 0 saturated carbocycles. The first kappa shape index (κ1) is 25.1. The van der Waals surface area contributed by atoms with Gasteiger partial charge in [-0.1, -0.05) is 24.3 Å². The van der Waals surface area contributed by atoms with Crippen LogP contribution in [0.3, 0.4) is 0 Å². The van der Waals surface area contributed by atoms with Crippen molar-refractivity contribution in [2.75, 3.05) is 44.8 Å². The summed E-state index contributed by atoms with van der Waals surface area (Å²) in [4.78, 5) is 17.0. The lowest BCUT2D eigenvalue weighted by Crippen LogP contribution is -2.45. The number of methoxy groups -OCH3 is 1. The minimum absolute atomic E-state index is 0.0987. The summed E-state index contributed by atoms with van der Waals surface area (Å²) < 4.78 is 45.8. The Morgan fingerprint density at radius 1 is 1.20 bits per heavy atom. The Labute approximate surface area is 204 Å². The van der Waals surface area contributed by atoms with Crippen LogP contribution in [0.25, 0.3) is 0 Å². The molecule has 1 spiro atoms. The number of carbonyl (C=O) groups is 1. The second-order valence-electron chi connectivity index (χ2n) is 9.72. The molecule has 1 unspecified atom stereocenters. The molecule has 1 amide bonds. The summed E-state index contributed by atoms with van der Waals surface area (Å²) in [7, 11) is 1.66. The van der Waals surface area contributed by atoms with Crippen LogP contribution in [0.5, 0.6) is 0 Å².